The van der Waals surface area contributed by atoms with Gasteiger partial charge in [-0.15, -0.1) is 11.3 Å². The van der Waals surface area contributed by atoms with Crippen LogP contribution in [0.1, 0.15) is 16.1 Å². The van der Waals surface area contributed by atoms with Crippen LogP contribution in [0.15, 0.2) is 23.6 Å². The third kappa shape index (κ3) is 2.71. The molecule has 0 saturated heterocycles. The first-order chi connectivity index (χ1) is 9.61. The minimum absolute atomic E-state index is 0.0409. The summed E-state index contributed by atoms with van der Waals surface area (Å²) in [6.07, 6.45) is 0.388. The molecule has 0 aliphatic carbocycles. The fraction of sp³-hybridized carbons (Fsp3) is 0.214. The topological polar surface area (TPSA) is 54.9 Å². The van der Waals surface area contributed by atoms with Gasteiger partial charge in [0.25, 0.3) is 0 Å². The maximum atomic E-state index is 12.0. The van der Waals surface area contributed by atoms with E-state index in [1.165, 1.54) is 11.3 Å². The van der Waals surface area contributed by atoms with Crippen LogP contribution >= 0.6 is 22.7 Å². The summed E-state index contributed by atoms with van der Waals surface area (Å²) >= 11 is 3.05. The van der Waals surface area contributed by atoms with Gasteiger partial charge in [0.15, 0.2) is 10.8 Å². The Labute approximate surface area is 124 Å². The molecule has 0 fully saturated rings. The molecule has 6 heteroatoms. The van der Waals surface area contributed by atoms with E-state index in [1.54, 1.807) is 11.3 Å². The average Bonchev–Trinajstić information content (AvgIpc) is 2.98. The SMILES string of the molecule is Cc1cc(C)c2sc(NC(=O)Cc3cccs3)nc2n1. The summed E-state index contributed by atoms with van der Waals surface area (Å²) in [4.78, 5) is 21.8. The predicted octanol–water partition coefficient (Wildman–Crippen LogP) is 3.55. The molecule has 0 unspecified atom stereocenters. The number of nitrogens with one attached hydrogen (secondary N) is 1. The zero-order valence-corrected chi connectivity index (χ0v) is 12.8. The van der Waals surface area contributed by atoms with E-state index in [4.69, 9.17) is 0 Å². The summed E-state index contributed by atoms with van der Waals surface area (Å²) in [5, 5.41) is 5.43. The molecule has 0 aliphatic rings. The molecule has 102 valence electrons. The largest absolute Gasteiger partial charge is 0.302 e. The van der Waals surface area contributed by atoms with Crippen molar-refractivity contribution in [3.8, 4) is 0 Å². The Morgan fingerprint density at radius 1 is 1.35 bits per heavy atom. The number of thiazole rings is 1. The first-order valence-electron chi connectivity index (χ1n) is 6.19. The second-order valence-corrected chi connectivity index (χ2v) is 6.59. The van der Waals surface area contributed by atoms with Crippen molar-refractivity contribution in [1.82, 2.24) is 9.97 Å². The molecular formula is C14H13N3OS2. The normalized spacial score (nSPS) is 10.9. The number of fused-ring (bicyclic) bond motifs is 1. The van der Waals surface area contributed by atoms with Gasteiger partial charge in [-0.1, -0.05) is 17.4 Å². The fourth-order valence-electron chi connectivity index (χ4n) is 2.01. The molecule has 4 nitrogen and oxygen atoms in total. The van der Waals surface area contributed by atoms with Crippen LogP contribution in [0.2, 0.25) is 0 Å². The number of thiophene rings is 1. The molecular weight excluding hydrogens is 290 g/mol. The van der Waals surface area contributed by atoms with E-state index < -0.39 is 0 Å². The lowest BCUT2D eigenvalue weighted by molar-refractivity contribution is -0.115. The highest BCUT2D eigenvalue weighted by atomic mass is 32.1. The Bertz CT molecular complexity index is 762. The summed E-state index contributed by atoms with van der Waals surface area (Å²) in [5.74, 6) is -0.0409. The number of nitrogens with zero attached hydrogens (tertiary/aromatic N) is 2. The Morgan fingerprint density at radius 2 is 2.20 bits per heavy atom. The number of aromatic nitrogens is 2. The third-order valence-corrected chi connectivity index (χ3v) is 4.81. The van der Waals surface area contributed by atoms with E-state index in [1.807, 2.05) is 37.4 Å². The molecule has 0 spiro atoms. The second kappa shape index (κ2) is 5.30. The zero-order valence-electron chi connectivity index (χ0n) is 11.1. The second-order valence-electron chi connectivity index (χ2n) is 4.56. The fourth-order valence-corrected chi connectivity index (χ4v) is 3.61. The Morgan fingerprint density at radius 3 is 2.95 bits per heavy atom. The highest BCUT2D eigenvalue weighted by Crippen LogP contribution is 2.28. The quantitative estimate of drug-likeness (QED) is 0.805. The van der Waals surface area contributed by atoms with Crippen molar-refractivity contribution < 1.29 is 4.79 Å². The first kappa shape index (κ1) is 13.2. The molecule has 0 bridgehead atoms. The smallest absolute Gasteiger partial charge is 0.231 e. The van der Waals surface area contributed by atoms with Crippen LogP contribution in [-0.2, 0) is 11.2 Å². The van der Waals surface area contributed by atoms with Crippen LogP contribution in [0.25, 0.3) is 10.3 Å². The van der Waals surface area contributed by atoms with Crippen molar-refractivity contribution in [3.63, 3.8) is 0 Å². The van der Waals surface area contributed by atoms with Crippen molar-refractivity contribution in [2.45, 2.75) is 20.3 Å². The zero-order chi connectivity index (χ0) is 14.1. The number of rotatable bonds is 3. The monoisotopic (exact) mass is 303 g/mol. The summed E-state index contributed by atoms with van der Waals surface area (Å²) in [6, 6.07) is 5.93. The lowest BCUT2D eigenvalue weighted by Crippen LogP contribution is -2.13. The van der Waals surface area contributed by atoms with Gasteiger partial charge in [-0.25, -0.2) is 4.98 Å². The van der Waals surface area contributed by atoms with Gasteiger partial charge in [-0.05, 0) is 36.9 Å². The maximum absolute atomic E-state index is 12.0. The van der Waals surface area contributed by atoms with Gasteiger partial charge in [0.05, 0.1) is 11.1 Å². The molecule has 20 heavy (non-hydrogen) atoms. The van der Waals surface area contributed by atoms with E-state index in [-0.39, 0.29) is 5.91 Å². The number of pyridine rings is 1. The highest BCUT2D eigenvalue weighted by Gasteiger charge is 2.11. The van der Waals surface area contributed by atoms with E-state index in [2.05, 4.69) is 15.3 Å². The number of carbonyl (C=O) groups is 1. The molecule has 0 aliphatic heterocycles. The van der Waals surface area contributed by atoms with E-state index >= 15 is 0 Å². The van der Waals surface area contributed by atoms with Gasteiger partial charge in [0.1, 0.15) is 0 Å². The molecule has 3 aromatic heterocycles. The van der Waals surface area contributed by atoms with Crippen molar-refractivity contribution >= 4 is 44.1 Å². The van der Waals surface area contributed by atoms with Crippen molar-refractivity contribution in [2.75, 3.05) is 5.32 Å². The summed E-state index contributed by atoms with van der Waals surface area (Å²) in [5.41, 5.74) is 2.79. The Kier molecular flexibility index (Phi) is 3.50. The third-order valence-electron chi connectivity index (χ3n) is 2.84. The minimum Gasteiger partial charge on any atom is -0.302 e. The number of hydrogen-bond donors (Lipinski definition) is 1. The van der Waals surface area contributed by atoms with Crippen LogP contribution in [-0.4, -0.2) is 15.9 Å². The first-order valence-corrected chi connectivity index (χ1v) is 7.88. The standard InChI is InChI=1S/C14H13N3OS2/c1-8-6-9(2)15-13-12(8)20-14(17-13)16-11(18)7-10-4-3-5-19-10/h3-6H,7H2,1-2H3,(H,15,16,17,18). The van der Waals surface area contributed by atoms with Gasteiger partial charge in [0.2, 0.25) is 5.91 Å². The van der Waals surface area contributed by atoms with Crippen molar-refractivity contribution in [1.29, 1.82) is 0 Å². The van der Waals surface area contributed by atoms with Crippen molar-refractivity contribution in [3.05, 3.63) is 39.7 Å². The van der Waals surface area contributed by atoms with Gasteiger partial charge >= 0.3 is 0 Å². The average molecular weight is 303 g/mol. The van der Waals surface area contributed by atoms with Crippen LogP contribution in [0.3, 0.4) is 0 Å². The molecule has 1 N–H and O–H groups in total. The molecule has 0 radical (unpaired) electrons. The minimum atomic E-state index is -0.0409. The number of amides is 1. The van der Waals surface area contributed by atoms with Gasteiger partial charge in [-0.3, -0.25) is 4.79 Å². The Hall–Kier alpha value is -1.79. The molecule has 0 aromatic carbocycles. The predicted molar refractivity (Wildman–Crippen MR) is 83.5 cm³/mol. The van der Waals surface area contributed by atoms with E-state index in [0.717, 1.165) is 20.8 Å². The molecule has 3 rings (SSSR count). The van der Waals surface area contributed by atoms with E-state index in [9.17, 15) is 4.79 Å². The molecule has 3 heterocycles. The molecule has 1 amide bonds. The number of carbonyl (C=O) groups excluding carboxylic acids is 1. The summed E-state index contributed by atoms with van der Waals surface area (Å²) in [6.45, 7) is 3.98. The maximum Gasteiger partial charge on any atom is 0.231 e. The van der Waals surface area contributed by atoms with Crippen molar-refractivity contribution in [2.24, 2.45) is 0 Å². The Balaban J connectivity index is 1.81. The van der Waals surface area contributed by atoms with Crippen LogP contribution in [0.5, 0.6) is 0 Å². The van der Waals surface area contributed by atoms with Gasteiger partial charge in [-0.2, -0.15) is 4.98 Å². The lowest BCUT2D eigenvalue weighted by atomic mass is 10.2. The van der Waals surface area contributed by atoms with Gasteiger partial charge < -0.3 is 5.32 Å². The summed E-state index contributed by atoms with van der Waals surface area (Å²) in [7, 11) is 0. The number of anilines is 1. The van der Waals surface area contributed by atoms with E-state index in [0.29, 0.717) is 17.2 Å². The number of hydrogen-bond acceptors (Lipinski definition) is 5. The number of aryl methyl sites for hydroxylation is 2. The highest BCUT2D eigenvalue weighted by molar-refractivity contribution is 7.22. The molecule has 0 atom stereocenters. The summed E-state index contributed by atoms with van der Waals surface area (Å²) < 4.78 is 1.03. The van der Waals surface area contributed by atoms with Gasteiger partial charge in [0, 0.05) is 10.6 Å². The lowest BCUT2D eigenvalue weighted by Gasteiger charge is -1.98. The van der Waals surface area contributed by atoms with Crippen LogP contribution < -0.4 is 5.32 Å². The molecule has 3 aromatic rings. The van der Waals surface area contributed by atoms with Crippen LogP contribution in [0.4, 0.5) is 5.13 Å². The van der Waals surface area contributed by atoms with Crippen LogP contribution in [0, 0.1) is 13.8 Å². The molecule has 0 saturated carbocycles.